The average molecular weight is 312 g/mol. The molecule has 3 nitrogen and oxygen atoms in total. The van der Waals surface area contributed by atoms with Crippen molar-refractivity contribution in [2.75, 3.05) is 0 Å². The molecule has 0 radical (unpaired) electrons. The SMILES string of the molecule is CC1(C)C(O)CC1NC(=O)c1ccc(CBr)cc1. The molecule has 2 unspecified atom stereocenters. The molecule has 1 amide bonds. The van der Waals surface area contributed by atoms with E-state index in [1.54, 1.807) is 0 Å². The van der Waals surface area contributed by atoms with Gasteiger partial charge in [0, 0.05) is 22.4 Å². The minimum Gasteiger partial charge on any atom is -0.392 e. The molecule has 2 rings (SSSR count). The number of aliphatic hydroxyl groups excluding tert-OH is 1. The van der Waals surface area contributed by atoms with Crippen molar-refractivity contribution in [3.8, 4) is 0 Å². The van der Waals surface area contributed by atoms with Crippen LogP contribution in [-0.4, -0.2) is 23.2 Å². The lowest BCUT2D eigenvalue weighted by Gasteiger charge is -2.49. The number of aliphatic hydroxyl groups is 1. The number of halogens is 1. The second-order valence-electron chi connectivity index (χ2n) is 5.43. The Morgan fingerprint density at radius 2 is 2.06 bits per heavy atom. The summed E-state index contributed by atoms with van der Waals surface area (Å²) < 4.78 is 0. The molecular weight excluding hydrogens is 294 g/mol. The molecule has 98 valence electrons. The van der Waals surface area contributed by atoms with E-state index in [1.807, 2.05) is 38.1 Å². The number of alkyl halides is 1. The van der Waals surface area contributed by atoms with E-state index >= 15 is 0 Å². The molecule has 1 aromatic rings. The Hall–Kier alpha value is -0.870. The second kappa shape index (κ2) is 5.02. The zero-order valence-electron chi connectivity index (χ0n) is 10.6. The average Bonchev–Trinajstić information content (AvgIpc) is 2.38. The van der Waals surface area contributed by atoms with Gasteiger partial charge >= 0.3 is 0 Å². The quantitative estimate of drug-likeness (QED) is 0.843. The van der Waals surface area contributed by atoms with Gasteiger partial charge in [0.05, 0.1) is 6.10 Å². The number of benzene rings is 1. The Kier molecular flexibility index (Phi) is 3.78. The van der Waals surface area contributed by atoms with E-state index in [2.05, 4.69) is 21.2 Å². The molecule has 1 aliphatic rings. The van der Waals surface area contributed by atoms with Crippen LogP contribution in [0.5, 0.6) is 0 Å². The van der Waals surface area contributed by atoms with Crippen LogP contribution in [0.25, 0.3) is 0 Å². The van der Waals surface area contributed by atoms with Gasteiger partial charge in [-0.3, -0.25) is 4.79 Å². The summed E-state index contributed by atoms with van der Waals surface area (Å²) >= 11 is 3.37. The van der Waals surface area contributed by atoms with Crippen molar-refractivity contribution in [1.29, 1.82) is 0 Å². The third kappa shape index (κ3) is 2.45. The van der Waals surface area contributed by atoms with Crippen LogP contribution in [0.2, 0.25) is 0 Å². The molecule has 1 saturated carbocycles. The highest BCUT2D eigenvalue weighted by Crippen LogP contribution is 2.40. The lowest BCUT2D eigenvalue weighted by Crippen LogP contribution is -2.61. The maximum Gasteiger partial charge on any atom is 0.251 e. The monoisotopic (exact) mass is 311 g/mol. The predicted octanol–water partition coefficient (Wildman–Crippen LogP) is 2.47. The summed E-state index contributed by atoms with van der Waals surface area (Å²) in [4.78, 5) is 12.0. The van der Waals surface area contributed by atoms with Crippen LogP contribution in [-0.2, 0) is 5.33 Å². The third-order valence-corrected chi connectivity index (χ3v) is 4.54. The fourth-order valence-electron chi connectivity index (χ4n) is 2.13. The van der Waals surface area contributed by atoms with Crippen molar-refractivity contribution in [1.82, 2.24) is 5.32 Å². The van der Waals surface area contributed by atoms with Crippen LogP contribution in [0.3, 0.4) is 0 Å². The lowest BCUT2D eigenvalue weighted by molar-refractivity contribution is -0.0689. The first-order valence-corrected chi connectivity index (χ1v) is 7.21. The van der Waals surface area contributed by atoms with E-state index in [4.69, 9.17) is 0 Å². The maximum absolute atomic E-state index is 12.0. The minimum atomic E-state index is -0.321. The zero-order valence-corrected chi connectivity index (χ0v) is 12.2. The Morgan fingerprint density at radius 3 is 2.50 bits per heavy atom. The summed E-state index contributed by atoms with van der Waals surface area (Å²) in [6.07, 6.45) is 0.316. The summed E-state index contributed by atoms with van der Waals surface area (Å²) in [6, 6.07) is 7.58. The first-order valence-electron chi connectivity index (χ1n) is 6.09. The Bertz CT molecular complexity index is 442. The van der Waals surface area contributed by atoms with Crippen molar-refractivity contribution >= 4 is 21.8 Å². The molecule has 0 spiro atoms. The number of hydrogen-bond donors (Lipinski definition) is 2. The third-order valence-electron chi connectivity index (χ3n) is 3.89. The van der Waals surface area contributed by atoms with Gasteiger partial charge in [0.2, 0.25) is 0 Å². The van der Waals surface area contributed by atoms with Crippen LogP contribution in [0.15, 0.2) is 24.3 Å². The van der Waals surface area contributed by atoms with E-state index in [1.165, 1.54) is 0 Å². The van der Waals surface area contributed by atoms with Gasteiger partial charge in [0.15, 0.2) is 0 Å². The van der Waals surface area contributed by atoms with Gasteiger partial charge in [-0.05, 0) is 24.1 Å². The summed E-state index contributed by atoms with van der Waals surface area (Å²) in [7, 11) is 0. The molecule has 18 heavy (non-hydrogen) atoms. The number of carbonyl (C=O) groups excluding carboxylic acids is 1. The van der Waals surface area contributed by atoms with E-state index in [-0.39, 0.29) is 23.5 Å². The van der Waals surface area contributed by atoms with Crippen molar-refractivity contribution in [3.05, 3.63) is 35.4 Å². The topological polar surface area (TPSA) is 49.3 Å². The lowest BCUT2D eigenvalue weighted by atomic mass is 9.64. The highest BCUT2D eigenvalue weighted by molar-refractivity contribution is 9.08. The van der Waals surface area contributed by atoms with Gasteiger partial charge in [-0.2, -0.15) is 0 Å². The molecule has 1 aliphatic carbocycles. The first kappa shape index (κ1) is 13.6. The zero-order chi connectivity index (χ0) is 13.3. The van der Waals surface area contributed by atoms with Crippen LogP contribution >= 0.6 is 15.9 Å². The molecule has 2 atom stereocenters. The summed E-state index contributed by atoms with van der Waals surface area (Å²) in [5, 5.41) is 13.4. The highest BCUT2D eigenvalue weighted by Gasteiger charge is 2.47. The molecule has 0 bridgehead atoms. The van der Waals surface area contributed by atoms with Crippen molar-refractivity contribution in [3.63, 3.8) is 0 Å². The summed E-state index contributed by atoms with van der Waals surface area (Å²) in [5.74, 6) is -0.0684. The van der Waals surface area contributed by atoms with E-state index in [0.29, 0.717) is 12.0 Å². The summed E-state index contributed by atoms with van der Waals surface area (Å²) in [6.45, 7) is 3.94. The van der Waals surface area contributed by atoms with Crippen LogP contribution < -0.4 is 5.32 Å². The number of amides is 1. The van der Waals surface area contributed by atoms with Gasteiger partial charge in [0.1, 0.15) is 0 Å². The van der Waals surface area contributed by atoms with E-state index in [0.717, 1.165) is 10.9 Å². The van der Waals surface area contributed by atoms with Crippen molar-refractivity contribution in [2.24, 2.45) is 5.41 Å². The minimum absolute atomic E-state index is 0.0517. The van der Waals surface area contributed by atoms with Crippen LogP contribution in [0, 0.1) is 5.41 Å². The number of nitrogens with one attached hydrogen (secondary N) is 1. The largest absolute Gasteiger partial charge is 0.392 e. The molecule has 0 aromatic heterocycles. The number of rotatable bonds is 3. The molecule has 0 aliphatic heterocycles. The van der Waals surface area contributed by atoms with Crippen molar-refractivity contribution < 1.29 is 9.90 Å². The Labute approximate surface area is 116 Å². The van der Waals surface area contributed by atoms with E-state index < -0.39 is 0 Å². The van der Waals surface area contributed by atoms with Gasteiger partial charge < -0.3 is 10.4 Å². The van der Waals surface area contributed by atoms with Gasteiger partial charge in [-0.25, -0.2) is 0 Å². The number of carbonyl (C=O) groups is 1. The van der Waals surface area contributed by atoms with Crippen LogP contribution in [0.4, 0.5) is 0 Å². The Morgan fingerprint density at radius 1 is 1.44 bits per heavy atom. The highest BCUT2D eigenvalue weighted by atomic mass is 79.9. The van der Waals surface area contributed by atoms with E-state index in [9.17, 15) is 9.90 Å². The standard InChI is InChI=1S/C14H18BrNO2/c1-14(2)11(7-12(14)17)16-13(18)10-5-3-9(8-15)4-6-10/h3-6,11-12,17H,7-8H2,1-2H3,(H,16,18). The normalized spacial score (nSPS) is 25.3. The smallest absolute Gasteiger partial charge is 0.251 e. The fourth-order valence-corrected chi connectivity index (χ4v) is 2.51. The summed E-state index contributed by atoms with van der Waals surface area (Å²) in [5.41, 5.74) is 1.58. The second-order valence-corrected chi connectivity index (χ2v) is 5.99. The maximum atomic E-state index is 12.0. The molecule has 0 saturated heterocycles. The molecule has 0 heterocycles. The van der Waals surface area contributed by atoms with Crippen molar-refractivity contribution in [2.45, 2.75) is 37.7 Å². The molecule has 2 N–H and O–H groups in total. The molecular formula is C14H18BrNO2. The first-order chi connectivity index (χ1) is 8.45. The van der Waals surface area contributed by atoms with Gasteiger partial charge in [0.25, 0.3) is 5.91 Å². The predicted molar refractivity (Wildman–Crippen MR) is 74.7 cm³/mol. The Balaban J connectivity index is 2.00. The number of hydrogen-bond acceptors (Lipinski definition) is 2. The molecule has 1 aromatic carbocycles. The fraction of sp³-hybridized carbons (Fsp3) is 0.500. The van der Waals surface area contributed by atoms with Gasteiger partial charge in [-0.15, -0.1) is 0 Å². The van der Waals surface area contributed by atoms with Gasteiger partial charge in [-0.1, -0.05) is 41.9 Å². The van der Waals surface area contributed by atoms with Crippen LogP contribution in [0.1, 0.15) is 36.2 Å². The molecule has 4 heteroatoms. The molecule has 1 fully saturated rings.